The Morgan fingerprint density at radius 2 is 1.34 bits per heavy atom. The standard InChI is InChI=1S/C42H67BrO2Si2/c1-29(2)46(30(3)4,31(5)6)45-39-24-23-32(7)41-37(39)27-34(9)40(33(8)25-26-43)38(41)28-44-47(42(10,11)12,35-19-15-13-16-20-35)36-21-17-14-18-22-36/h13-22,25,29-32,34,37-41H,23-24,26-28H2,1-12H3/b33-25-/t32-,34-,37-,38+,39-,40?,41+/m0/s1. The minimum atomic E-state index is -2.67. The van der Waals surface area contributed by atoms with Crippen LogP contribution in [0.5, 0.6) is 0 Å². The molecule has 47 heavy (non-hydrogen) atoms. The van der Waals surface area contributed by atoms with Crippen molar-refractivity contribution in [3.05, 3.63) is 72.3 Å². The molecule has 0 heterocycles. The first kappa shape index (κ1) is 38.8. The molecule has 2 nitrogen and oxygen atoms in total. The maximum atomic E-state index is 7.83. The van der Waals surface area contributed by atoms with Crippen LogP contribution in [0.15, 0.2) is 72.3 Å². The van der Waals surface area contributed by atoms with E-state index < -0.39 is 16.6 Å². The molecule has 262 valence electrons. The zero-order chi connectivity index (χ0) is 34.7. The monoisotopic (exact) mass is 738 g/mol. The molecule has 5 heteroatoms. The molecule has 2 aliphatic carbocycles. The first-order valence-corrected chi connectivity index (χ1v) is 24.0. The maximum Gasteiger partial charge on any atom is 0.261 e. The van der Waals surface area contributed by atoms with E-state index in [0.717, 1.165) is 11.9 Å². The van der Waals surface area contributed by atoms with Gasteiger partial charge in [0.05, 0.1) is 0 Å². The van der Waals surface area contributed by atoms with Crippen molar-refractivity contribution in [3.63, 3.8) is 0 Å². The third kappa shape index (κ3) is 7.55. The van der Waals surface area contributed by atoms with Gasteiger partial charge in [0, 0.05) is 18.0 Å². The number of fused-ring (bicyclic) bond motifs is 1. The average Bonchev–Trinajstić information content (AvgIpc) is 3.00. The molecule has 7 atom stereocenters. The number of halogens is 1. The highest BCUT2D eigenvalue weighted by Crippen LogP contribution is 2.56. The molecular weight excluding hydrogens is 673 g/mol. The number of rotatable bonds is 12. The first-order valence-electron chi connectivity index (χ1n) is 18.8. The van der Waals surface area contributed by atoms with Crippen molar-refractivity contribution >= 4 is 42.9 Å². The van der Waals surface area contributed by atoms with Gasteiger partial charge >= 0.3 is 0 Å². The molecule has 0 radical (unpaired) electrons. The lowest BCUT2D eigenvalue weighted by molar-refractivity contribution is -0.0808. The maximum absolute atomic E-state index is 7.83. The van der Waals surface area contributed by atoms with Crippen LogP contribution in [0.4, 0.5) is 0 Å². The summed E-state index contributed by atoms with van der Waals surface area (Å²) in [5.41, 5.74) is 3.35. The Morgan fingerprint density at radius 1 is 0.830 bits per heavy atom. The SMILES string of the molecule is C/C(=C/CBr)C1[C@@H](CO[Si](c2ccccc2)(c2ccccc2)C(C)(C)C)[C@H]2[C@@H](C[C@@H]1C)[C@@H](O[Si](C(C)C)(C(C)C)C(C)C)CC[C@@H]2C. The summed E-state index contributed by atoms with van der Waals surface area (Å²) in [6, 6.07) is 22.5. The van der Waals surface area contributed by atoms with E-state index in [9.17, 15) is 0 Å². The molecule has 0 aliphatic heterocycles. The number of allylic oxidation sites excluding steroid dienone is 2. The quantitative estimate of drug-likeness (QED) is 0.123. The number of alkyl halides is 1. The Balaban J connectivity index is 1.83. The summed E-state index contributed by atoms with van der Waals surface area (Å²) in [5, 5.41) is 3.63. The largest absolute Gasteiger partial charge is 0.413 e. The van der Waals surface area contributed by atoms with Gasteiger partial charge < -0.3 is 8.85 Å². The van der Waals surface area contributed by atoms with E-state index >= 15 is 0 Å². The number of hydrogen-bond donors (Lipinski definition) is 0. The molecule has 2 aliphatic rings. The Hall–Kier alpha value is -0.986. The minimum absolute atomic E-state index is 0.0353. The van der Waals surface area contributed by atoms with Crippen LogP contribution >= 0.6 is 15.9 Å². The first-order chi connectivity index (χ1) is 22.1. The summed E-state index contributed by atoms with van der Waals surface area (Å²) in [6.07, 6.45) is 6.51. The van der Waals surface area contributed by atoms with Crippen molar-refractivity contribution in [1.82, 2.24) is 0 Å². The van der Waals surface area contributed by atoms with Gasteiger partial charge in [0.2, 0.25) is 8.32 Å². The normalized spacial score (nSPS) is 27.8. The van der Waals surface area contributed by atoms with Gasteiger partial charge in [0.1, 0.15) is 0 Å². The summed E-state index contributed by atoms with van der Waals surface area (Å²) in [6.45, 7) is 30.2. The van der Waals surface area contributed by atoms with E-state index in [1.807, 2.05) is 0 Å². The second-order valence-electron chi connectivity index (χ2n) is 17.2. The molecule has 0 saturated heterocycles. The number of hydrogen-bond acceptors (Lipinski definition) is 2. The van der Waals surface area contributed by atoms with E-state index in [2.05, 4.69) is 166 Å². The molecule has 0 bridgehead atoms. The predicted molar refractivity (Wildman–Crippen MR) is 213 cm³/mol. The molecule has 0 amide bonds. The summed E-state index contributed by atoms with van der Waals surface area (Å²) >= 11 is 3.76. The fourth-order valence-electron chi connectivity index (χ4n) is 10.8. The summed E-state index contributed by atoms with van der Waals surface area (Å²) in [4.78, 5) is 0. The zero-order valence-electron chi connectivity index (χ0n) is 31.9. The van der Waals surface area contributed by atoms with Gasteiger partial charge in [0.25, 0.3) is 8.32 Å². The van der Waals surface area contributed by atoms with Crippen LogP contribution in [0.1, 0.15) is 102 Å². The fourth-order valence-corrected chi connectivity index (χ4v) is 21.6. The van der Waals surface area contributed by atoms with E-state index in [-0.39, 0.29) is 5.04 Å². The summed E-state index contributed by atoms with van der Waals surface area (Å²) in [5.74, 6) is 3.38. The Morgan fingerprint density at radius 3 is 1.79 bits per heavy atom. The van der Waals surface area contributed by atoms with Gasteiger partial charge in [-0.25, -0.2) is 0 Å². The predicted octanol–water partition coefficient (Wildman–Crippen LogP) is 11.4. The van der Waals surface area contributed by atoms with Crippen LogP contribution in [0.2, 0.25) is 21.7 Å². The topological polar surface area (TPSA) is 18.5 Å². The van der Waals surface area contributed by atoms with Crippen molar-refractivity contribution in [3.8, 4) is 0 Å². The van der Waals surface area contributed by atoms with Crippen molar-refractivity contribution < 1.29 is 8.85 Å². The molecule has 0 aromatic heterocycles. The highest BCUT2D eigenvalue weighted by Gasteiger charge is 2.56. The van der Waals surface area contributed by atoms with Crippen LogP contribution < -0.4 is 10.4 Å². The molecular formula is C42H67BrO2Si2. The Labute approximate surface area is 300 Å². The van der Waals surface area contributed by atoms with Gasteiger partial charge in [0.15, 0.2) is 0 Å². The van der Waals surface area contributed by atoms with E-state index in [4.69, 9.17) is 8.85 Å². The lowest BCUT2D eigenvalue weighted by Crippen LogP contribution is -2.67. The highest BCUT2D eigenvalue weighted by molar-refractivity contribution is 9.09. The molecule has 2 fully saturated rings. The minimum Gasteiger partial charge on any atom is -0.413 e. The third-order valence-corrected chi connectivity index (χ3v) is 24.1. The lowest BCUT2D eigenvalue weighted by atomic mass is 9.53. The molecule has 1 unspecified atom stereocenters. The van der Waals surface area contributed by atoms with Crippen LogP contribution in [0, 0.1) is 35.5 Å². The third-order valence-electron chi connectivity index (χ3n) is 12.6. The van der Waals surface area contributed by atoms with Crippen LogP contribution in [-0.4, -0.2) is 34.7 Å². The second kappa shape index (κ2) is 15.9. The van der Waals surface area contributed by atoms with Gasteiger partial charge in [-0.05, 0) is 93.7 Å². The molecule has 2 aromatic carbocycles. The van der Waals surface area contributed by atoms with Crippen LogP contribution in [0.3, 0.4) is 0 Å². The van der Waals surface area contributed by atoms with Crippen molar-refractivity contribution in [2.45, 2.75) is 130 Å². The smallest absolute Gasteiger partial charge is 0.261 e. The molecule has 2 saturated carbocycles. The van der Waals surface area contributed by atoms with Crippen molar-refractivity contribution in [2.24, 2.45) is 35.5 Å². The van der Waals surface area contributed by atoms with Crippen LogP contribution in [0.25, 0.3) is 0 Å². The lowest BCUT2D eigenvalue weighted by Gasteiger charge is -2.57. The second-order valence-corrected chi connectivity index (χ2v) is 27.6. The van der Waals surface area contributed by atoms with Gasteiger partial charge in [-0.1, -0.05) is 164 Å². The number of benzene rings is 2. The van der Waals surface area contributed by atoms with Crippen molar-refractivity contribution in [2.75, 3.05) is 11.9 Å². The van der Waals surface area contributed by atoms with Gasteiger partial charge in [-0.15, -0.1) is 0 Å². The molecule has 4 rings (SSSR count). The average molecular weight is 740 g/mol. The Kier molecular flexibility index (Phi) is 13.1. The van der Waals surface area contributed by atoms with E-state index in [1.165, 1.54) is 35.2 Å². The van der Waals surface area contributed by atoms with Crippen LogP contribution in [-0.2, 0) is 8.85 Å². The molecule has 0 spiro atoms. The fraction of sp³-hybridized carbons (Fsp3) is 0.667. The zero-order valence-corrected chi connectivity index (χ0v) is 35.4. The van der Waals surface area contributed by atoms with E-state index in [1.54, 1.807) is 0 Å². The van der Waals surface area contributed by atoms with E-state index in [0.29, 0.717) is 58.2 Å². The summed E-state index contributed by atoms with van der Waals surface area (Å²) < 4.78 is 15.6. The Bertz CT molecular complexity index is 1220. The van der Waals surface area contributed by atoms with Gasteiger partial charge in [-0.2, -0.15) is 0 Å². The van der Waals surface area contributed by atoms with Crippen molar-refractivity contribution in [1.29, 1.82) is 0 Å². The van der Waals surface area contributed by atoms with Gasteiger partial charge in [-0.3, -0.25) is 0 Å². The highest BCUT2D eigenvalue weighted by atomic mass is 79.9. The summed E-state index contributed by atoms with van der Waals surface area (Å²) in [7, 11) is -4.68. The molecule has 2 aromatic rings. The molecule has 0 N–H and O–H groups in total.